The maximum atomic E-state index is 12.5. The molecule has 0 unspecified atom stereocenters. The van der Waals surface area contributed by atoms with Crippen LogP contribution < -0.4 is 10.6 Å². The smallest absolute Gasteiger partial charge is 0.341 e. The standard InChI is InChI=1S/C20H22N2O4S2/c1-3-25-19(24)17-14-8-6-12(2)11-15(14)28-18(17)22-20(27)21-16(23)9-7-13-5-4-10-26-13/h4-5,7,9-10,12H,3,6,8,11H2,1-2H3,(H2,21,22,23,27)/b9-7+/t12-/m0/s1. The van der Waals surface area contributed by atoms with Gasteiger partial charge in [-0.2, -0.15) is 0 Å². The molecule has 28 heavy (non-hydrogen) atoms. The first kappa shape index (κ1) is 20.3. The number of hydrogen-bond donors (Lipinski definition) is 2. The van der Waals surface area contributed by atoms with E-state index < -0.39 is 0 Å². The average Bonchev–Trinajstić information content (AvgIpc) is 3.26. The first-order valence-electron chi connectivity index (χ1n) is 9.13. The summed E-state index contributed by atoms with van der Waals surface area (Å²) in [5, 5.41) is 6.35. The highest BCUT2D eigenvalue weighted by Crippen LogP contribution is 2.40. The lowest BCUT2D eigenvalue weighted by atomic mass is 9.88. The van der Waals surface area contributed by atoms with Gasteiger partial charge in [0.15, 0.2) is 5.11 Å². The van der Waals surface area contributed by atoms with Crippen LogP contribution in [-0.2, 0) is 22.4 Å². The molecule has 6 nitrogen and oxygen atoms in total. The summed E-state index contributed by atoms with van der Waals surface area (Å²) in [5.74, 6) is 0.400. The Morgan fingerprint density at radius 1 is 1.46 bits per heavy atom. The van der Waals surface area contributed by atoms with Gasteiger partial charge in [-0.05, 0) is 68.1 Å². The molecule has 0 spiro atoms. The lowest BCUT2D eigenvalue weighted by Crippen LogP contribution is -2.33. The molecular formula is C20H22N2O4S2. The highest BCUT2D eigenvalue weighted by molar-refractivity contribution is 7.80. The molecule has 2 aromatic rings. The third-order valence-corrected chi connectivity index (χ3v) is 5.77. The molecule has 1 amide bonds. The van der Waals surface area contributed by atoms with Crippen LogP contribution in [0.25, 0.3) is 6.08 Å². The Morgan fingerprint density at radius 3 is 3.00 bits per heavy atom. The molecule has 3 rings (SSSR count). The molecule has 0 saturated heterocycles. The molecule has 0 radical (unpaired) electrons. The second-order valence-corrected chi connectivity index (χ2v) is 8.08. The number of ether oxygens (including phenoxy) is 1. The van der Waals surface area contributed by atoms with Crippen molar-refractivity contribution in [3.8, 4) is 0 Å². The molecule has 0 saturated carbocycles. The summed E-state index contributed by atoms with van der Waals surface area (Å²) in [4.78, 5) is 25.7. The zero-order valence-corrected chi connectivity index (χ0v) is 17.4. The van der Waals surface area contributed by atoms with Crippen molar-refractivity contribution in [3.63, 3.8) is 0 Å². The van der Waals surface area contributed by atoms with Crippen molar-refractivity contribution in [2.45, 2.75) is 33.1 Å². The minimum atomic E-state index is -0.387. The number of carbonyl (C=O) groups excluding carboxylic acids is 2. The van der Waals surface area contributed by atoms with Gasteiger partial charge >= 0.3 is 5.97 Å². The zero-order valence-electron chi connectivity index (χ0n) is 15.7. The molecule has 2 heterocycles. The van der Waals surface area contributed by atoms with Gasteiger partial charge in [0.2, 0.25) is 5.91 Å². The van der Waals surface area contributed by atoms with E-state index in [1.807, 2.05) is 0 Å². The van der Waals surface area contributed by atoms with Gasteiger partial charge in [-0.25, -0.2) is 4.79 Å². The Bertz CT molecular complexity index is 900. The summed E-state index contributed by atoms with van der Waals surface area (Å²) >= 11 is 6.76. The number of furan rings is 1. The third-order valence-electron chi connectivity index (χ3n) is 4.40. The molecular weight excluding hydrogens is 396 g/mol. The number of anilines is 1. The van der Waals surface area contributed by atoms with Crippen LogP contribution in [0.4, 0.5) is 5.00 Å². The summed E-state index contributed by atoms with van der Waals surface area (Å²) in [5.41, 5.74) is 1.58. The van der Waals surface area contributed by atoms with Crippen LogP contribution in [-0.4, -0.2) is 23.6 Å². The van der Waals surface area contributed by atoms with Crippen LogP contribution in [0.15, 0.2) is 28.9 Å². The molecule has 0 aromatic carbocycles. The number of hydrogen-bond acceptors (Lipinski definition) is 6. The molecule has 1 aliphatic rings. The molecule has 2 aromatic heterocycles. The van der Waals surface area contributed by atoms with E-state index in [0.717, 1.165) is 24.8 Å². The third kappa shape index (κ3) is 4.88. The van der Waals surface area contributed by atoms with Crippen molar-refractivity contribution in [1.29, 1.82) is 0 Å². The summed E-state index contributed by atoms with van der Waals surface area (Å²) in [6.45, 7) is 4.29. The fourth-order valence-electron chi connectivity index (χ4n) is 3.09. The van der Waals surface area contributed by atoms with E-state index in [0.29, 0.717) is 28.8 Å². The summed E-state index contributed by atoms with van der Waals surface area (Å²) in [7, 11) is 0. The van der Waals surface area contributed by atoms with Gasteiger partial charge in [0.05, 0.1) is 18.4 Å². The molecule has 148 valence electrons. The molecule has 1 aliphatic carbocycles. The highest BCUT2D eigenvalue weighted by atomic mass is 32.1. The zero-order chi connectivity index (χ0) is 20.1. The number of nitrogens with one attached hydrogen (secondary N) is 2. The topological polar surface area (TPSA) is 80.6 Å². The fraction of sp³-hybridized carbons (Fsp3) is 0.350. The van der Waals surface area contributed by atoms with Crippen LogP contribution >= 0.6 is 23.6 Å². The van der Waals surface area contributed by atoms with Gasteiger partial charge in [-0.15, -0.1) is 11.3 Å². The molecule has 1 atom stereocenters. The van der Waals surface area contributed by atoms with Crippen LogP contribution in [0.2, 0.25) is 0 Å². The first-order valence-corrected chi connectivity index (χ1v) is 10.4. The van der Waals surface area contributed by atoms with E-state index in [1.165, 1.54) is 28.6 Å². The maximum absolute atomic E-state index is 12.5. The molecule has 8 heteroatoms. The van der Waals surface area contributed by atoms with E-state index in [2.05, 4.69) is 17.6 Å². The Hall–Kier alpha value is -2.45. The maximum Gasteiger partial charge on any atom is 0.341 e. The van der Waals surface area contributed by atoms with Crippen LogP contribution in [0, 0.1) is 5.92 Å². The highest BCUT2D eigenvalue weighted by Gasteiger charge is 2.28. The van der Waals surface area contributed by atoms with Gasteiger partial charge in [0.1, 0.15) is 10.8 Å². The van der Waals surface area contributed by atoms with Crippen molar-refractivity contribution >= 4 is 51.6 Å². The van der Waals surface area contributed by atoms with Gasteiger partial charge < -0.3 is 14.5 Å². The molecule has 0 fully saturated rings. The second-order valence-electron chi connectivity index (χ2n) is 6.57. The number of fused-ring (bicyclic) bond motifs is 1. The van der Waals surface area contributed by atoms with Crippen molar-refractivity contribution < 1.29 is 18.7 Å². The first-order chi connectivity index (χ1) is 13.5. The number of carbonyl (C=O) groups is 2. The van der Waals surface area contributed by atoms with Crippen molar-refractivity contribution in [3.05, 3.63) is 46.2 Å². The largest absolute Gasteiger partial charge is 0.465 e. The van der Waals surface area contributed by atoms with E-state index >= 15 is 0 Å². The summed E-state index contributed by atoms with van der Waals surface area (Å²) < 4.78 is 10.4. The van der Waals surface area contributed by atoms with Crippen molar-refractivity contribution in [1.82, 2.24) is 5.32 Å². The van der Waals surface area contributed by atoms with Crippen molar-refractivity contribution in [2.24, 2.45) is 5.92 Å². The van der Waals surface area contributed by atoms with E-state index in [1.54, 1.807) is 25.1 Å². The number of rotatable bonds is 5. The number of thiophene rings is 1. The second kappa shape index (κ2) is 9.16. The Labute approximate surface area is 173 Å². The lowest BCUT2D eigenvalue weighted by Gasteiger charge is -2.18. The monoisotopic (exact) mass is 418 g/mol. The average molecular weight is 419 g/mol. The van der Waals surface area contributed by atoms with E-state index in [9.17, 15) is 9.59 Å². The fourth-order valence-corrected chi connectivity index (χ4v) is 4.76. The van der Waals surface area contributed by atoms with E-state index in [-0.39, 0.29) is 17.0 Å². The van der Waals surface area contributed by atoms with Gasteiger partial charge in [-0.3, -0.25) is 10.1 Å². The normalized spacial score (nSPS) is 15.9. The SMILES string of the molecule is CCOC(=O)c1c(NC(=S)NC(=O)/C=C/c2ccco2)sc2c1CC[C@H](C)C2. The minimum Gasteiger partial charge on any atom is -0.465 e. The minimum absolute atomic E-state index is 0.131. The number of thiocarbonyl (C=S) groups is 1. The van der Waals surface area contributed by atoms with Crippen molar-refractivity contribution in [2.75, 3.05) is 11.9 Å². The Balaban J connectivity index is 1.72. The molecule has 2 N–H and O–H groups in total. The van der Waals surface area contributed by atoms with Crippen LogP contribution in [0.5, 0.6) is 0 Å². The quantitative estimate of drug-likeness (QED) is 0.431. The number of esters is 1. The lowest BCUT2D eigenvalue weighted by molar-refractivity contribution is -0.115. The Kier molecular flexibility index (Phi) is 6.64. The van der Waals surface area contributed by atoms with E-state index in [4.69, 9.17) is 21.4 Å². The van der Waals surface area contributed by atoms with Gasteiger partial charge in [0, 0.05) is 11.0 Å². The van der Waals surface area contributed by atoms with Gasteiger partial charge in [-0.1, -0.05) is 6.92 Å². The predicted octanol–water partition coefficient (Wildman–Crippen LogP) is 4.17. The predicted molar refractivity (Wildman–Crippen MR) is 114 cm³/mol. The van der Waals surface area contributed by atoms with Crippen LogP contribution in [0.1, 0.15) is 46.8 Å². The Morgan fingerprint density at radius 2 is 2.29 bits per heavy atom. The van der Waals surface area contributed by atoms with Crippen LogP contribution in [0.3, 0.4) is 0 Å². The number of amides is 1. The summed E-state index contributed by atoms with van der Waals surface area (Å²) in [6.07, 6.45) is 7.22. The molecule has 0 aliphatic heterocycles. The molecule has 0 bridgehead atoms. The summed E-state index contributed by atoms with van der Waals surface area (Å²) in [6, 6.07) is 3.48. The van der Waals surface area contributed by atoms with Gasteiger partial charge in [0.25, 0.3) is 0 Å².